The third-order valence-corrected chi connectivity index (χ3v) is 2.98. The van der Waals surface area contributed by atoms with Crippen molar-refractivity contribution in [3.63, 3.8) is 0 Å². The second kappa shape index (κ2) is 6.52. The van der Waals surface area contributed by atoms with Gasteiger partial charge in [-0.3, -0.25) is 9.59 Å². The Morgan fingerprint density at radius 3 is 2.20 bits per heavy atom. The van der Waals surface area contributed by atoms with Gasteiger partial charge in [-0.05, 0) is 38.1 Å². The molecule has 1 rings (SSSR count). The first-order valence-corrected chi connectivity index (χ1v) is 6.43. The number of hydrogen-bond acceptors (Lipinski definition) is 3. The topological polar surface area (TPSA) is 83.5 Å². The Morgan fingerprint density at radius 2 is 1.70 bits per heavy atom. The molecule has 1 amide bonds. The quantitative estimate of drug-likeness (QED) is 0.789. The van der Waals surface area contributed by atoms with E-state index < -0.39 is 17.4 Å². The van der Waals surface area contributed by atoms with Crippen LogP contribution in [-0.4, -0.2) is 28.3 Å². The first-order chi connectivity index (χ1) is 9.22. The van der Waals surface area contributed by atoms with Gasteiger partial charge in [-0.2, -0.15) is 0 Å². The van der Waals surface area contributed by atoms with Crippen molar-refractivity contribution in [2.45, 2.75) is 32.2 Å². The molecule has 0 atom stereocenters. The molecule has 0 saturated carbocycles. The number of rotatable bonds is 6. The fourth-order valence-corrected chi connectivity index (χ4v) is 1.60. The van der Waals surface area contributed by atoms with E-state index in [2.05, 4.69) is 5.32 Å². The summed E-state index contributed by atoms with van der Waals surface area (Å²) in [5, 5.41) is 11.8. The Bertz CT molecular complexity index is 522. The number of nitrogens with one attached hydrogen (secondary N) is 1. The average molecular weight is 298 g/mol. The maximum absolute atomic E-state index is 11.8. The predicted octanol–water partition coefficient (Wildman–Crippen LogP) is 2.28. The summed E-state index contributed by atoms with van der Waals surface area (Å²) in [6.07, 6.45) is -0.0403. The molecule has 0 radical (unpaired) electrons. The molecule has 0 aliphatic rings. The number of carboxylic acid groups (broad SMARTS) is 1. The minimum absolute atomic E-state index is 0.0170. The summed E-state index contributed by atoms with van der Waals surface area (Å²) in [5.74, 6) is -1.79. The first kappa shape index (κ1) is 16.2. The smallest absolute Gasteiger partial charge is 0.328 e. The Morgan fingerprint density at radius 1 is 1.15 bits per heavy atom. The summed E-state index contributed by atoms with van der Waals surface area (Å²) in [7, 11) is 0. The van der Waals surface area contributed by atoms with Gasteiger partial charge in [0.2, 0.25) is 5.91 Å². The Balaban J connectivity index is 2.51. The summed E-state index contributed by atoms with van der Waals surface area (Å²) in [6, 6.07) is 6.37. The number of Topliss-reactive ketones (excluding diaryl/α,β-unsaturated/α-hetero) is 1. The third kappa shape index (κ3) is 4.66. The van der Waals surface area contributed by atoms with E-state index in [4.69, 9.17) is 16.7 Å². The zero-order chi connectivity index (χ0) is 15.3. The monoisotopic (exact) mass is 297 g/mol. The SMILES string of the molecule is CC(C)(NC(=O)CCC(=O)c1ccc(Cl)cc1)C(=O)O. The van der Waals surface area contributed by atoms with Crippen LogP contribution in [0.2, 0.25) is 5.02 Å². The molecule has 0 fully saturated rings. The second-order valence-corrected chi connectivity index (χ2v) is 5.34. The molecular formula is C14H16ClNO4. The number of amides is 1. The van der Waals surface area contributed by atoms with Crippen molar-refractivity contribution in [3.8, 4) is 0 Å². The number of ketones is 1. The standard InChI is InChI=1S/C14H16ClNO4/c1-14(2,13(19)20)16-12(18)8-7-11(17)9-3-5-10(15)6-4-9/h3-6H,7-8H2,1-2H3,(H,16,18)(H,19,20). The van der Waals surface area contributed by atoms with E-state index in [9.17, 15) is 14.4 Å². The van der Waals surface area contributed by atoms with E-state index in [-0.39, 0.29) is 18.6 Å². The lowest BCUT2D eigenvalue weighted by molar-refractivity contribution is -0.146. The van der Waals surface area contributed by atoms with Crippen LogP contribution in [0.1, 0.15) is 37.0 Å². The van der Waals surface area contributed by atoms with Crippen LogP contribution in [0.3, 0.4) is 0 Å². The minimum atomic E-state index is -1.35. The number of carboxylic acids is 1. The van der Waals surface area contributed by atoms with Crippen molar-refractivity contribution in [1.29, 1.82) is 0 Å². The van der Waals surface area contributed by atoms with Gasteiger partial charge in [-0.25, -0.2) is 4.79 Å². The van der Waals surface area contributed by atoms with Gasteiger partial charge in [-0.15, -0.1) is 0 Å². The van der Waals surface area contributed by atoms with Gasteiger partial charge < -0.3 is 10.4 Å². The molecular weight excluding hydrogens is 282 g/mol. The molecule has 5 nitrogen and oxygen atoms in total. The Hall–Kier alpha value is -1.88. The summed E-state index contributed by atoms with van der Waals surface area (Å²) < 4.78 is 0. The van der Waals surface area contributed by atoms with Crippen LogP contribution in [0.15, 0.2) is 24.3 Å². The number of aliphatic carboxylic acids is 1. The minimum Gasteiger partial charge on any atom is -0.480 e. The van der Waals surface area contributed by atoms with E-state index in [1.165, 1.54) is 13.8 Å². The van der Waals surface area contributed by atoms with Crippen molar-refractivity contribution in [1.82, 2.24) is 5.32 Å². The molecule has 0 bridgehead atoms. The molecule has 0 heterocycles. The average Bonchev–Trinajstić information content (AvgIpc) is 2.36. The summed E-state index contributed by atoms with van der Waals surface area (Å²) in [6.45, 7) is 2.77. The van der Waals surface area contributed by atoms with E-state index >= 15 is 0 Å². The van der Waals surface area contributed by atoms with Gasteiger partial charge in [0.05, 0.1) is 0 Å². The Kier molecular flexibility index (Phi) is 5.27. The van der Waals surface area contributed by atoms with Crippen LogP contribution in [0.4, 0.5) is 0 Å². The molecule has 0 spiro atoms. The second-order valence-electron chi connectivity index (χ2n) is 4.91. The van der Waals surface area contributed by atoms with Crippen molar-refractivity contribution in [2.75, 3.05) is 0 Å². The number of carbonyl (C=O) groups excluding carboxylic acids is 2. The number of halogens is 1. The fraction of sp³-hybridized carbons (Fsp3) is 0.357. The van der Waals surface area contributed by atoms with Crippen molar-refractivity contribution >= 4 is 29.3 Å². The van der Waals surface area contributed by atoms with Crippen LogP contribution < -0.4 is 5.32 Å². The van der Waals surface area contributed by atoms with Gasteiger partial charge in [-0.1, -0.05) is 11.6 Å². The van der Waals surface area contributed by atoms with Crippen LogP contribution in [0.5, 0.6) is 0 Å². The molecule has 0 aliphatic heterocycles. The summed E-state index contributed by atoms with van der Waals surface area (Å²) in [4.78, 5) is 34.3. The van der Waals surface area contributed by atoms with Crippen LogP contribution in [0.25, 0.3) is 0 Å². The van der Waals surface area contributed by atoms with Gasteiger partial charge >= 0.3 is 5.97 Å². The van der Waals surface area contributed by atoms with Gasteiger partial charge in [0.1, 0.15) is 5.54 Å². The zero-order valence-corrected chi connectivity index (χ0v) is 12.0. The van der Waals surface area contributed by atoms with E-state index in [1.54, 1.807) is 24.3 Å². The maximum Gasteiger partial charge on any atom is 0.328 e. The highest BCUT2D eigenvalue weighted by Crippen LogP contribution is 2.12. The molecule has 0 aromatic heterocycles. The van der Waals surface area contributed by atoms with E-state index in [0.29, 0.717) is 10.6 Å². The lowest BCUT2D eigenvalue weighted by atomic mass is 10.0. The van der Waals surface area contributed by atoms with Gasteiger partial charge in [0.15, 0.2) is 5.78 Å². The third-order valence-electron chi connectivity index (χ3n) is 2.73. The molecule has 0 saturated heterocycles. The Labute approximate surface area is 121 Å². The normalized spacial score (nSPS) is 10.9. The summed E-state index contributed by atoms with van der Waals surface area (Å²) in [5.41, 5.74) is -0.875. The molecule has 0 unspecified atom stereocenters. The van der Waals surface area contributed by atoms with Gasteiger partial charge in [0, 0.05) is 23.4 Å². The van der Waals surface area contributed by atoms with Crippen molar-refractivity contribution in [2.24, 2.45) is 0 Å². The number of hydrogen-bond donors (Lipinski definition) is 2. The highest BCUT2D eigenvalue weighted by atomic mass is 35.5. The lowest BCUT2D eigenvalue weighted by Gasteiger charge is -2.20. The molecule has 6 heteroatoms. The number of benzene rings is 1. The van der Waals surface area contributed by atoms with Gasteiger partial charge in [0.25, 0.3) is 0 Å². The zero-order valence-electron chi connectivity index (χ0n) is 11.3. The maximum atomic E-state index is 11.8. The summed E-state index contributed by atoms with van der Waals surface area (Å²) >= 11 is 5.72. The highest BCUT2D eigenvalue weighted by Gasteiger charge is 2.28. The molecule has 0 aliphatic carbocycles. The number of carbonyl (C=O) groups is 3. The van der Waals surface area contributed by atoms with Crippen LogP contribution in [-0.2, 0) is 9.59 Å². The predicted molar refractivity (Wildman–Crippen MR) is 74.9 cm³/mol. The molecule has 20 heavy (non-hydrogen) atoms. The molecule has 1 aromatic rings. The fourth-order valence-electron chi connectivity index (χ4n) is 1.47. The van der Waals surface area contributed by atoms with Crippen molar-refractivity contribution < 1.29 is 19.5 Å². The van der Waals surface area contributed by atoms with E-state index in [0.717, 1.165) is 0 Å². The van der Waals surface area contributed by atoms with Crippen molar-refractivity contribution in [3.05, 3.63) is 34.9 Å². The highest BCUT2D eigenvalue weighted by molar-refractivity contribution is 6.30. The van der Waals surface area contributed by atoms with Crippen LogP contribution in [0, 0.1) is 0 Å². The van der Waals surface area contributed by atoms with Crippen LogP contribution >= 0.6 is 11.6 Å². The first-order valence-electron chi connectivity index (χ1n) is 6.05. The largest absolute Gasteiger partial charge is 0.480 e. The molecule has 2 N–H and O–H groups in total. The lowest BCUT2D eigenvalue weighted by Crippen LogP contribution is -2.49. The molecule has 108 valence electrons. The molecule has 1 aromatic carbocycles. The van der Waals surface area contributed by atoms with E-state index in [1.807, 2.05) is 0 Å².